The summed E-state index contributed by atoms with van der Waals surface area (Å²) in [6, 6.07) is 0. The second-order valence-corrected chi connectivity index (χ2v) is 6.01. The van der Waals surface area contributed by atoms with Gasteiger partial charge >= 0.3 is 0 Å². The quantitative estimate of drug-likeness (QED) is 0.343. The second-order valence-electron chi connectivity index (χ2n) is 6.01. The van der Waals surface area contributed by atoms with Gasteiger partial charge in [-0.25, -0.2) is 0 Å². The molecule has 1 aliphatic carbocycles. The van der Waals surface area contributed by atoms with Gasteiger partial charge in [0.25, 0.3) is 0 Å². The molecule has 0 aromatic heterocycles. The summed E-state index contributed by atoms with van der Waals surface area (Å²) in [7, 11) is 0. The first kappa shape index (κ1) is 17.1. The lowest BCUT2D eigenvalue weighted by Crippen LogP contribution is -2.46. The molecule has 1 N–H and O–H groups in total. The Morgan fingerprint density at radius 1 is 1.32 bits per heavy atom. The fourth-order valence-electron chi connectivity index (χ4n) is 2.78. The van der Waals surface area contributed by atoms with Gasteiger partial charge in [0, 0.05) is 26.2 Å². The van der Waals surface area contributed by atoms with Crippen LogP contribution in [-0.2, 0) is 0 Å². The summed E-state index contributed by atoms with van der Waals surface area (Å²) in [5, 5.41) is 3.45. The highest BCUT2D eigenvalue weighted by Gasteiger charge is 2.21. The van der Waals surface area contributed by atoms with Crippen LogP contribution in [0.15, 0.2) is 4.99 Å². The Balaban J connectivity index is 0.00000180. The highest BCUT2D eigenvalue weighted by molar-refractivity contribution is 14.0. The van der Waals surface area contributed by atoms with Crippen LogP contribution in [0.5, 0.6) is 0 Å². The van der Waals surface area contributed by atoms with Crippen molar-refractivity contribution >= 4 is 29.9 Å². The third-order valence-electron chi connectivity index (χ3n) is 4.02. The minimum atomic E-state index is 0. The van der Waals surface area contributed by atoms with Gasteiger partial charge in [0.15, 0.2) is 5.96 Å². The Hall–Kier alpha value is 0. The maximum Gasteiger partial charge on any atom is 0.193 e. The van der Waals surface area contributed by atoms with Crippen LogP contribution in [0.1, 0.15) is 52.4 Å². The lowest BCUT2D eigenvalue weighted by Gasteiger charge is -2.33. The molecule has 2 fully saturated rings. The van der Waals surface area contributed by atoms with E-state index in [4.69, 9.17) is 4.99 Å². The highest BCUT2D eigenvalue weighted by Crippen LogP contribution is 2.33. The second kappa shape index (κ2) is 9.03. The predicted octanol–water partition coefficient (Wildman–Crippen LogP) is 3.49. The smallest absolute Gasteiger partial charge is 0.193 e. The van der Waals surface area contributed by atoms with Crippen molar-refractivity contribution in [3.05, 3.63) is 0 Å². The Labute approximate surface area is 135 Å². The third-order valence-corrected chi connectivity index (χ3v) is 4.02. The fourth-order valence-corrected chi connectivity index (χ4v) is 2.78. The first-order valence-corrected chi connectivity index (χ1v) is 7.83. The van der Waals surface area contributed by atoms with Crippen molar-refractivity contribution in [2.75, 3.05) is 26.2 Å². The van der Waals surface area contributed by atoms with Crippen molar-refractivity contribution in [3.8, 4) is 0 Å². The van der Waals surface area contributed by atoms with Crippen molar-refractivity contribution in [3.63, 3.8) is 0 Å². The molecule has 1 saturated heterocycles. The van der Waals surface area contributed by atoms with Crippen LogP contribution in [0, 0.1) is 11.8 Å². The zero-order chi connectivity index (χ0) is 12.8. The Kier molecular flexibility index (Phi) is 8.11. The van der Waals surface area contributed by atoms with Gasteiger partial charge < -0.3 is 10.2 Å². The third kappa shape index (κ3) is 6.32. The molecule has 1 saturated carbocycles. The van der Waals surface area contributed by atoms with E-state index in [0.29, 0.717) is 0 Å². The van der Waals surface area contributed by atoms with Gasteiger partial charge in [-0.3, -0.25) is 4.99 Å². The molecular weight excluding hydrogens is 349 g/mol. The largest absolute Gasteiger partial charge is 0.357 e. The van der Waals surface area contributed by atoms with E-state index >= 15 is 0 Å². The van der Waals surface area contributed by atoms with Gasteiger partial charge in [0.05, 0.1) is 0 Å². The normalized spacial score (nSPS) is 24.0. The fraction of sp³-hybridized carbons (Fsp3) is 0.933. The van der Waals surface area contributed by atoms with Gasteiger partial charge in [-0.2, -0.15) is 0 Å². The van der Waals surface area contributed by atoms with Gasteiger partial charge in [0.2, 0.25) is 0 Å². The number of nitrogens with one attached hydrogen (secondary N) is 1. The van der Waals surface area contributed by atoms with E-state index in [9.17, 15) is 0 Å². The Morgan fingerprint density at radius 3 is 2.74 bits per heavy atom. The summed E-state index contributed by atoms with van der Waals surface area (Å²) in [5.74, 6) is 3.01. The standard InChI is InChI=1S/C15H29N3.HI/c1-3-16-15(17-10-4-7-14-8-9-14)18-11-5-6-13(2)12-18;/h13-14H,3-12H2,1-2H3,(H,16,17);1H. The van der Waals surface area contributed by atoms with Gasteiger partial charge in [-0.1, -0.05) is 19.8 Å². The van der Waals surface area contributed by atoms with Crippen molar-refractivity contribution in [2.45, 2.75) is 52.4 Å². The average Bonchev–Trinajstić information content (AvgIpc) is 3.17. The highest BCUT2D eigenvalue weighted by atomic mass is 127. The number of rotatable bonds is 5. The molecule has 0 radical (unpaired) electrons. The molecule has 0 bridgehead atoms. The number of hydrogen-bond donors (Lipinski definition) is 1. The predicted molar refractivity (Wildman–Crippen MR) is 93.3 cm³/mol. The van der Waals surface area contributed by atoms with Crippen LogP contribution in [0.2, 0.25) is 0 Å². The van der Waals surface area contributed by atoms with Crippen LogP contribution in [0.4, 0.5) is 0 Å². The number of nitrogens with zero attached hydrogens (tertiary/aromatic N) is 2. The molecule has 2 rings (SSSR count). The molecule has 0 aromatic carbocycles. The maximum atomic E-state index is 4.80. The number of aliphatic imine (C=N–C) groups is 1. The van der Waals surface area contributed by atoms with Crippen LogP contribution >= 0.6 is 24.0 Å². The first-order valence-electron chi connectivity index (χ1n) is 7.83. The van der Waals surface area contributed by atoms with Crippen LogP contribution in [-0.4, -0.2) is 37.0 Å². The van der Waals surface area contributed by atoms with E-state index < -0.39 is 0 Å². The number of guanidine groups is 1. The molecule has 3 nitrogen and oxygen atoms in total. The van der Waals surface area contributed by atoms with E-state index in [2.05, 4.69) is 24.1 Å². The summed E-state index contributed by atoms with van der Waals surface area (Å²) in [5.41, 5.74) is 0. The molecule has 1 unspecified atom stereocenters. The van der Waals surface area contributed by atoms with Crippen molar-refractivity contribution in [1.82, 2.24) is 10.2 Å². The molecule has 0 aromatic rings. The molecule has 0 spiro atoms. The molecule has 1 aliphatic heterocycles. The Bertz CT molecular complexity index is 277. The summed E-state index contributed by atoms with van der Waals surface area (Å²) in [6.07, 6.45) is 8.27. The summed E-state index contributed by atoms with van der Waals surface area (Å²) < 4.78 is 0. The molecular formula is C15H30IN3. The van der Waals surface area contributed by atoms with E-state index in [1.165, 1.54) is 51.6 Å². The molecule has 19 heavy (non-hydrogen) atoms. The first-order chi connectivity index (χ1) is 8.79. The van der Waals surface area contributed by atoms with Crippen LogP contribution < -0.4 is 5.32 Å². The number of halogens is 1. The minimum absolute atomic E-state index is 0. The number of piperidine rings is 1. The van der Waals surface area contributed by atoms with Crippen molar-refractivity contribution in [1.29, 1.82) is 0 Å². The van der Waals surface area contributed by atoms with E-state index in [-0.39, 0.29) is 24.0 Å². The van der Waals surface area contributed by atoms with Crippen LogP contribution in [0.3, 0.4) is 0 Å². The number of likely N-dealkylation sites (tertiary alicyclic amines) is 1. The number of hydrogen-bond acceptors (Lipinski definition) is 1. The van der Waals surface area contributed by atoms with E-state index in [1.807, 2.05) is 0 Å². The molecule has 4 heteroatoms. The van der Waals surface area contributed by atoms with Gasteiger partial charge in [-0.15, -0.1) is 24.0 Å². The average molecular weight is 379 g/mol. The SMILES string of the molecule is CCNC(=NCCCC1CC1)N1CCCC(C)C1.I. The summed E-state index contributed by atoms with van der Waals surface area (Å²) in [4.78, 5) is 7.26. The minimum Gasteiger partial charge on any atom is -0.357 e. The molecule has 112 valence electrons. The topological polar surface area (TPSA) is 27.6 Å². The lowest BCUT2D eigenvalue weighted by atomic mass is 10.0. The van der Waals surface area contributed by atoms with Crippen molar-refractivity contribution in [2.24, 2.45) is 16.8 Å². The summed E-state index contributed by atoms with van der Waals surface area (Å²) in [6.45, 7) is 8.85. The van der Waals surface area contributed by atoms with Crippen LogP contribution in [0.25, 0.3) is 0 Å². The molecule has 0 amide bonds. The molecule has 2 aliphatic rings. The molecule has 1 heterocycles. The van der Waals surface area contributed by atoms with E-state index in [0.717, 1.165) is 30.9 Å². The lowest BCUT2D eigenvalue weighted by molar-refractivity contribution is 0.266. The zero-order valence-electron chi connectivity index (χ0n) is 12.5. The maximum absolute atomic E-state index is 4.80. The van der Waals surface area contributed by atoms with Gasteiger partial charge in [-0.05, 0) is 44.4 Å². The summed E-state index contributed by atoms with van der Waals surface area (Å²) >= 11 is 0. The Morgan fingerprint density at radius 2 is 2.11 bits per heavy atom. The van der Waals surface area contributed by atoms with Gasteiger partial charge in [0.1, 0.15) is 0 Å². The monoisotopic (exact) mass is 379 g/mol. The zero-order valence-corrected chi connectivity index (χ0v) is 14.9. The van der Waals surface area contributed by atoms with E-state index in [1.54, 1.807) is 0 Å². The van der Waals surface area contributed by atoms with Crippen molar-refractivity contribution < 1.29 is 0 Å². The molecule has 1 atom stereocenters.